The van der Waals surface area contributed by atoms with E-state index in [1.165, 1.54) is 173 Å². The zero-order valence-electron chi connectivity index (χ0n) is 26.3. The fourth-order valence-electron chi connectivity index (χ4n) is 5.65. The Hall–Kier alpha value is -0.450. The highest BCUT2D eigenvalue weighted by molar-refractivity contribution is 5.83. The Balaban J connectivity index is 3.07. The molecule has 0 aliphatic rings. The molecule has 39 heavy (non-hydrogen) atoms. The van der Waals surface area contributed by atoms with Crippen LogP contribution in [0.1, 0.15) is 199 Å². The maximum Gasteiger partial charge on any atom is 0.151 e. The number of carbonyl (C=O) groups excluding carboxylic acids is 1. The van der Waals surface area contributed by atoms with Gasteiger partial charge in [0.05, 0.1) is 12.6 Å². The first-order chi connectivity index (χ1) is 19.2. The minimum absolute atomic E-state index is 0.00386. The van der Waals surface area contributed by atoms with Crippen molar-refractivity contribution in [3.05, 3.63) is 0 Å². The fourth-order valence-corrected chi connectivity index (χ4v) is 5.65. The lowest BCUT2D eigenvalue weighted by Crippen LogP contribution is -2.33. The Morgan fingerprint density at radius 3 is 0.795 bits per heavy atom. The van der Waals surface area contributed by atoms with Gasteiger partial charge in [0.1, 0.15) is 0 Å². The van der Waals surface area contributed by atoms with E-state index < -0.39 is 6.04 Å². The van der Waals surface area contributed by atoms with E-state index in [4.69, 9.17) is 15.9 Å². The number of rotatable bonds is 34. The molecule has 0 rings (SSSR count). The molecule has 0 aliphatic heterocycles. The van der Waals surface area contributed by atoms with Crippen molar-refractivity contribution in [2.24, 2.45) is 5.73 Å². The number of nitrogens with two attached hydrogens (primary N) is 1. The van der Waals surface area contributed by atoms with Gasteiger partial charge in [-0.2, -0.15) is 0 Å². The van der Waals surface area contributed by atoms with E-state index in [9.17, 15) is 4.79 Å². The summed E-state index contributed by atoms with van der Waals surface area (Å²) < 4.78 is 0. The molecule has 0 aromatic rings. The lowest BCUT2D eigenvalue weighted by Gasteiger charge is -2.06. The summed E-state index contributed by atoms with van der Waals surface area (Å²) in [5, 5.41) is 17.7. The fraction of sp³-hybridized carbons (Fsp3) is 0.971. The molecule has 0 fully saturated rings. The molecule has 0 saturated heterocycles. The Kier molecular flexibility index (Phi) is 33.4. The van der Waals surface area contributed by atoms with Gasteiger partial charge in [0.2, 0.25) is 0 Å². The average molecular weight is 554 g/mol. The number of hydrogen-bond donors (Lipinski definition) is 3. The van der Waals surface area contributed by atoms with Crippen LogP contribution in [0.4, 0.5) is 0 Å². The van der Waals surface area contributed by atoms with Crippen LogP contribution in [-0.4, -0.2) is 35.3 Å². The van der Waals surface area contributed by atoms with E-state index in [2.05, 4.69) is 0 Å². The number of Topliss-reactive ketones (excluding diaryl/α,β-unsaturated/α-hetero) is 1. The minimum atomic E-state index is -0.671. The largest absolute Gasteiger partial charge is 0.396 e. The zero-order valence-corrected chi connectivity index (χ0v) is 26.3. The van der Waals surface area contributed by atoms with E-state index in [0.29, 0.717) is 13.0 Å². The summed E-state index contributed by atoms with van der Waals surface area (Å²) in [4.78, 5) is 11.5. The van der Waals surface area contributed by atoms with Crippen LogP contribution in [0.3, 0.4) is 0 Å². The third-order valence-corrected chi connectivity index (χ3v) is 8.44. The van der Waals surface area contributed by atoms with Crippen LogP contribution < -0.4 is 5.73 Å². The van der Waals surface area contributed by atoms with Crippen molar-refractivity contribution < 1.29 is 15.0 Å². The third kappa shape index (κ3) is 31.9. The predicted octanol–water partition coefficient (Wildman–Crippen LogP) is 9.96. The average Bonchev–Trinajstić information content (AvgIpc) is 2.95. The molecule has 0 spiro atoms. The predicted molar refractivity (Wildman–Crippen MR) is 170 cm³/mol. The van der Waals surface area contributed by atoms with Gasteiger partial charge in [-0.1, -0.05) is 180 Å². The van der Waals surface area contributed by atoms with Gasteiger partial charge in [-0.3, -0.25) is 4.79 Å². The highest BCUT2D eigenvalue weighted by Crippen LogP contribution is 2.16. The SMILES string of the molecule is N[C@@H](CO)C(=O)CCCCCCCCCCCCCCCCCCCCCCCCCCCCCCCCO. The van der Waals surface area contributed by atoms with Crippen molar-refractivity contribution in [2.75, 3.05) is 13.2 Å². The lowest BCUT2D eigenvalue weighted by atomic mass is 10.0. The number of ketones is 1. The summed E-state index contributed by atoms with van der Waals surface area (Å²) in [5.74, 6) is 0.00386. The van der Waals surface area contributed by atoms with Gasteiger partial charge < -0.3 is 15.9 Å². The zero-order chi connectivity index (χ0) is 28.5. The Labute approximate surface area is 244 Å². The maximum atomic E-state index is 11.5. The molecule has 4 heteroatoms. The van der Waals surface area contributed by atoms with Gasteiger partial charge in [0.15, 0.2) is 5.78 Å². The molecule has 1 atom stereocenters. The van der Waals surface area contributed by atoms with Crippen molar-refractivity contribution in [2.45, 2.75) is 205 Å². The molecule has 0 aliphatic carbocycles. The summed E-state index contributed by atoms with van der Waals surface area (Å²) in [5.41, 5.74) is 5.53. The number of carbonyl (C=O) groups is 1. The van der Waals surface area contributed by atoms with Crippen molar-refractivity contribution in [3.8, 4) is 0 Å². The Bertz CT molecular complexity index is 471. The summed E-state index contributed by atoms with van der Waals surface area (Å²) in [7, 11) is 0. The summed E-state index contributed by atoms with van der Waals surface area (Å²) in [6.45, 7) is 0.138. The molecule has 0 amide bonds. The van der Waals surface area contributed by atoms with Crippen molar-refractivity contribution in [1.29, 1.82) is 0 Å². The highest BCUT2D eigenvalue weighted by Gasteiger charge is 2.10. The number of aliphatic hydroxyl groups excluding tert-OH is 2. The maximum absolute atomic E-state index is 11.5. The first kappa shape index (κ1) is 38.5. The molecule has 0 aromatic carbocycles. The standard InChI is InChI=1S/C35H71NO3/c36-34(33-38)35(39)31-29-27-25-23-21-19-17-15-13-11-9-7-5-3-1-2-4-6-8-10-12-14-16-18-20-22-24-26-28-30-32-37/h34,37-38H,1-33,36H2/t34-/m0/s1. The molecule has 0 heterocycles. The van der Waals surface area contributed by atoms with E-state index in [-0.39, 0.29) is 12.4 Å². The van der Waals surface area contributed by atoms with Crippen LogP contribution >= 0.6 is 0 Å². The smallest absolute Gasteiger partial charge is 0.151 e. The van der Waals surface area contributed by atoms with Gasteiger partial charge in [-0.15, -0.1) is 0 Å². The van der Waals surface area contributed by atoms with E-state index in [1.54, 1.807) is 0 Å². The molecule has 4 nitrogen and oxygen atoms in total. The summed E-state index contributed by atoms with van der Waals surface area (Å²) in [6.07, 6.45) is 41.3. The highest BCUT2D eigenvalue weighted by atomic mass is 16.3. The molecule has 4 N–H and O–H groups in total. The Morgan fingerprint density at radius 2 is 0.590 bits per heavy atom. The van der Waals surface area contributed by atoms with Crippen LogP contribution in [0.2, 0.25) is 0 Å². The second kappa shape index (κ2) is 33.8. The second-order valence-corrected chi connectivity index (χ2v) is 12.3. The molecular weight excluding hydrogens is 482 g/mol. The molecule has 0 radical (unpaired) electrons. The molecular formula is C35H71NO3. The monoisotopic (exact) mass is 554 g/mol. The number of aliphatic hydroxyl groups is 2. The number of hydrogen-bond acceptors (Lipinski definition) is 4. The topological polar surface area (TPSA) is 83.5 Å². The molecule has 234 valence electrons. The van der Waals surface area contributed by atoms with Crippen LogP contribution in [0, 0.1) is 0 Å². The van der Waals surface area contributed by atoms with Crippen LogP contribution in [0.5, 0.6) is 0 Å². The van der Waals surface area contributed by atoms with Gasteiger partial charge in [-0.05, 0) is 12.8 Å². The molecule has 0 bridgehead atoms. The normalized spacial score (nSPS) is 12.3. The second-order valence-electron chi connectivity index (χ2n) is 12.3. The van der Waals surface area contributed by atoms with Crippen molar-refractivity contribution >= 4 is 5.78 Å². The first-order valence-electron chi connectivity index (χ1n) is 17.7. The van der Waals surface area contributed by atoms with Crippen LogP contribution in [-0.2, 0) is 4.79 Å². The summed E-state index contributed by atoms with van der Waals surface area (Å²) in [6, 6.07) is -0.671. The third-order valence-electron chi connectivity index (χ3n) is 8.44. The van der Waals surface area contributed by atoms with Crippen molar-refractivity contribution in [1.82, 2.24) is 0 Å². The van der Waals surface area contributed by atoms with Crippen molar-refractivity contribution in [3.63, 3.8) is 0 Å². The molecule has 0 saturated carbocycles. The number of unbranched alkanes of at least 4 members (excludes halogenated alkanes) is 29. The quantitative estimate of drug-likeness (QED) is 0.0692. The van der Waals surface area contributed by atoms with Crippen LogP contribution in [0.15, 0.2) is 0 Å². The van der Waals surface area contributed by atoms with Gasteiger partial charge in [-0.25, -0.2) is 0 Å². The van der Waals surface area contributed by atoms with Gasteiger partial charge in [0, 0.05) is 13.0 Å². The first-order valence-corrected chi connectivity index (χ1v) is 17.7. The van der Waals surface area contributed by atoms with Gasteiger partial charge >= 0.3 is 0 Å². The summed E-state index contributed by atoms with van der Waals surface area (Å²) >= 11 is 0. The van der Waals surface area contributed by atoms with Crippen LogP contribution in [0.25, 0.3) is 0 Å². The van der Waals surface area contributed by atoms with E-state index in [0.717, 1.165) is 19.3 Å². The lowest BCUT2D eigenvalue weighted by molar-refractivity contribution is -0.121. The van der Waals surface area contributed by atoms with Gasteiger partial charge in [0.25, 0.3) is 0 Å². The van der Waals surface area contributed by atoms with E-state index in [1.807, 2.05) is 0 Å². The minimum Gasteiger partial charge on any atom is -0.396 e. The van der Waals surface area contributed by atoms with E-state index >= 15 is 0 Å². The molecule has 0 aromatic heterocycles. The Morgan fingerprint density at radius 1 is 0.385 bits per heavy atom. The molecule has 0 unspecified atom stereocenters.